The number of hydrogen-bond donors (Lipinski definition) is 0. The van der Waals surface area contributed by atoms with Crippen LogP contribution in [0.2, 0.25) is 0 Å². The number of ether oxygens (including phenoxy) is 1. The SMILES string of the molecule is COc1ccc(CN2C[C@H]3C[C@H](C2)c2ccc(-c4ccco4)c(=O)n2C3)cc1. The summed E-state index contributed by atoms with van der Waals surface area (Å²) in [5.41, 5.74) is 3.19. The van der Waals surface area contributed by atoms with Crippen LogP contribution in [0.25, 0.3) is 11.3 Å². The molecule has 2 bridgehead atoms. The van der Waals surface area contributed by atoms with Gasteiger partial charge in [0.1, 0.15) is 11.5 Å². The van der Waals surface area contributed by atoms with Crippen LogP contribution in [0.4, 0.5) is 0 Å². The zero-order chi connectivity index (χ0) is 19.1. The zero-order valence-corrected chi connectivity index (χ0v) is 16.0. The minimum Gasteiger partial charge on any atom is -0.497 e. The van der Waals surface area contributed by atoms with E-state index in [0.717, 1.165) is 37.6 Å². The normalized spacial score (nSPS) is 21.3. The van der Waals surface area contributed by atoms with Crippen LogP contribution in [-0.4, -0.2) is 29.7 Å². The van der Waals surface area contributed by atoms with E-state index in [0.29, 0.717) is 23.2 Å². The molecule has 3 aromatic rings. The first-order valence-corrected chi connectivity index (χ1v) is 9.84. The van der Waals surface area contributed by atoms with Crippen molar-refractivity contribution in [3.05, 3.63) is 76.4 Å². The van der Waals surface area contributed by atoms with Crippen LogP contribution in [0.1, 0.15) is 23.6 Å². The summed E-state index contributed by atoms with van der Waals surface area (Å²) < 4.78 is 12.7. The van der Waals surface area contributed by atoms with E-state index >= 15 is 0 Å². The Labute approximate surface area is 164 Å². The van der Waals surface area contributed by atoms with E-state index in [1.807, 2.05) is 34.9 Å². The smallest absolute Gasteiger partial charge is 0.261 e. The number of hydrogen-bond acceptors (Lipinski definition) is 4. The van der Waals surface area contributed by atoms with Gasteiger partial charge in [-0.05, 0) is 54.3 Å². The Morgan fingerprint density at radius 3 is 2.68 bits per heavy atom. The largest absolute Gasteiger partial charge is 0.497 e. The van der Waals surface area contributed by atoms with Crippen molar-refractivity contribution in [3.8, 4) is 17.1 Å². The molecule has 0 unspecified atom stereocenters. The van der Waals surface area contributed by atoms with Crippen molar-refractivity contribution in [2.45, 2.75) is 25.4 Å². The molecule has 0 radical (unpaired) electrons. The van der Waals surface area contributed by atoms with Gasteiger partial charge >= 0.3 is 0 Å². The number of aromatic nitrogens is 1. The molecule has 2 aliphatic heterocycles. The molecule has 144 valence electrons. The highest BCUT2D eigenvalue weighted by molar-refractivity contribution is 5.56. The van der Waals surface area contributed by atoms with Crippen LogP contribution in [-0.2, 0) is 13.1 Å². The summed E-state index contributed by atoms with van der Waals surface area (Å²) >= 11 is 0. The Hall–Kier alpha value is -2.79. The first-order chi connectivity index (χ1) is 13.7. The lowest BCUT2D eigenvalue weighted by Gasteiger charge is -2.43. The number of pyridine rings is 1. The van der Waals surface area contributed by atoms with E-state index < -0.39 is 0 Å². The van der Waals surface area contributed by atoms with Gasteiger partial charge in [0.25, 0.3) is 5.56 Å². The molecule has 1 aromatic carbocycles. The Bertz CT molecular complexity index is 1020. The summed E-state index contributed by atoms with van der Waals surface area (Å²) in [7, 11) is 1.69. The van der Waals surface area contributed by atoms with E-state index in [1.54, 1.807) is 13.4 Å². The van der Waals surface area contributed by atoms with Crippen LogP contribution in [0.15, 0.2) is 64.0 Å². The molecule has 0 amide bonds. The molecule has 2 aliphatic rings. The highest BCUT2D eigenvalue weighted by atomic mass is 16.5. The van der Waals surface area contributed by atoms with Gasteiger partial charge in [0.15, 0.2) is 0 Å². The molecule has 0 aliphatic carbocycles. The van der Waals surface area contributed by atoms with Crippen LogP contribution in [0.3, 0.4) is 0 Å². The maximum atomic E-state index is 13.1. The van der Waals surface area contributed by atoms with E-state index in [-0.39, 0.29) is 5.56 Å². The third-order valence-electron chi connectivity index (χ3n) is 6.03. The molecule has 5 rings (SSSR count). The van der Waals surface area contributed by atoms with Crippen LogP contribution in [0, 0.1) is 5.92 Å². The van der Waals surface area contributed by atoms with Crippen LogP contribution >= 0.6 is 0 Å². The fourth-order valence-electron chi connectivity index (χ4n) is 4.78. The average Bonchev–Trinajstić information content (AvgIpc) is 3.24. The predicted molar refractivity (Wildman–Crippen MR) is 108 cm³/mol. The van der Waals surface area contributed by atoms with Crippen molar-refractivity contribution >= 4 is 0 Å². The second kappa shape index (κ2) is 6.99. The summed E-state index contributed by atoms with van der Waals surface area (Å²) in [4.78, 5) is 15.6. The zero-order valence-electron chi connectivity index (χ0n) is 16.0. The van der Waals surface area contributed by atoms with Gasteiger partial charge in [-0.1, -0.05) is 12.1 Å². The lowest BCUT2D eigenvalue weighted by molar-refractivity contribution is 0.114. The van der Waals surface area contributed by atoms with Crippen LogP contribution < -0.4 is 10.3 Å². The van der Waals surface area contributed by atoms with E-state index in [4.69, 9.17) is 9.15 Å². The third-order valence-corrected chi connectivity index (χ3v) is 6.03. The molecule has 5 nitrogen and oxygen atoms in total. The van der Waals surface area contributed by atoms with Gasteiger partial charge in [-0.2, -0.15) is 0 Å². The van der Waals surface area contributed by atoms with Gasteiger partial charge in [0.2, 0.25) is 0 Å². The van der Waals surface area contributed by atoms with E-state index in [1.165, 1.54) is 12.0 Å². The minimum atomic E-state index is 0.0748. The molecule has 0 N–H and O–H groups in total. The number of rotatable bonds is 4. The van der Waals surface area contributed by atoms with Gasteiger partial charge < -0.3 is 13.7 Å². The predicted octanol–water partition coefficient (Wildman–Crippen LogP) is 3.74. The number of fused-ring (bicyclic) bond motifs is 4. The second-order valence-electron chi connectivity index (χ2n) is 7.91. The Morgan fingerprint density at radius 1 is 1.07 bits per heavy atom. The van der Waals surface area contributed by atoms with Crippen molar-refractivity contribution in [1.82, 2.24) is 9.47 Å². The number of methoxy groups -OCH3 is 1. The Morgan fingerprint density at radius 2 is 1.93 bits per heavy atom. The lowest BCUT2D eigenvalue weighted by Crippen LogP contribution is -2.46. The Kier molecular flexibility index (Phi) is 4.32. The van der Waals surface area contributed by atoms with Gasteiger partial charge in [-0.25, -0.2) is 0 Å². The summed E-state index contributed by atoms with van der Waals surface area (Å²) in [6, 6.07) is 16.0. The number of nitrogens with zero attached hydrogens (tertiary/aromatic N) is 2. The van der Waals surface area contributed by atoms with Gasteiger partial charge in [0, 0.05) is 37.8 Å². The lowest BCUT2D eigenvalue weighted by atomic mass is 9.82. The molecule has 1 saturated heterocycles. The average molecular weight is 376 g/mol. The fraction of sp³-hybridized carbons (Fsp3) is 0.348. The summed E-state index contributed by atoms with van der Waals surface area (Å²) in [6.45, 7) is 3.74. The summed E-state index contributed by atoms with van der Waals surface area (Å²) in [6.07, 6.45) is 2.78. The molecular weight excluding hydrogens is 352 g/mol. The first kappa shape index (κ1) is 17.3. The first-order valence-electron chi connectivity index (χ1n) is 9.84. The van der Waals surface area contributed by atoms with E-state index in [9.17, 15) is 4.79 Å². The molecule has 2 aromatic heterocycles. The van der Waals surface area contributed by atoms with Crippen molar-refractivity contribution in [3.63, 3.8) is 0 Å². The molecule has 5 heteroatoms. The fourth-order valence-corrected chi connectivity index (χ4v) is 4.78. The third kappa shape index (κ3) is 3.06. The van der Waals surface area contributed by atoms with Crippen molar-refractivity contribution in [2.75, 3.05) is 20.2 Å². The molecule has 0 saturated carbocycles. The monoisotopic (exact) mass is 376 g/mol. The van der Waals surface area contributed by atoms with Crippen LogP contribution in [0.5, 0.6) is 5.75 Å². The second-order valence-corrected chi connectivity index (χ2v) is 7.91. The van der Waals surface area contributed by atoms with Gasteiger partial charge in [-0.15, -0.1) is 0 Å². The number of furan rings is 1. The maximum Gasteiger partial charge on any atom is 0.261 e. The highest BCUT2D eigenvalue weighted by Gasteiger charge is 2.35. The standard InChI is InChI=1S/C23H24N2O3/c1-27-19-6-4-16(5-7-19)12-24-13-17-11-18(15-24)21-9-8-20(22-3-2-10-28-22)23(26)25(21)14-17/h2-10,17-18H,11-15H2,1H3/t17-,18-/m1/s1. The maximum absolute atomic E-state index is 13.1. The number of benzene rings is 1. The topological polar surface area (TPSA) is 47.6 Å². The highest BCUT2D eigenvalue weighted by Crippen LogP contribution is 2.36. The van der Waals surface area contributed by atoms with Crippen molar-refractivity contribution in [2.24, 2.45) is 5.92 Å². The number of piperidine rings is 1. The molecule has 0 spiro atoms. The van der Waals surface area contributed by atoms with Gasteiger partial charge in [0.05, 0.1) is 18.9 Å². The number of likely N-dealkylation sites (tertiary alicyclic amines) is 1. The van der Waals surface area contributed by atoms with Crippen molar-refractivity contribution < 1.29 is 9.15 Å². The minimum absolute atomic E-state index is 0.0748. The quantitative estimate of drug-likeness (QED) is 0.696. The molecule has 28 heavy (non-hydrogen) atoms. The summed E-state index contributed by atoms with van der Waals surface area (Å²) in [5, 5.41) is 0. The van der Waals surface area contributed by atoms with Gasteiger partial charge in [-0.3, -0.25) is 9.69 Å². The van der Waals surface area contributed by atoms with E-state index in [2.05, 4.69) is 23.1 Å². The molecule has 4 heterocycles. The van der Waals surface area contributed by atoms with Crippen molar-refractivity contribution in [1.29, 1.82) is 0 Å². The summed E-state index contributed by atoms with van der Waals surface area (Å²) in [5.74, 6) is 2.45. The Balaban J connectivity index is 1.39. The molecule has 2 atom stereocenters. The molecular formula is C23H24N2O3. The molecule has 1 fully saturated rings.